The Labute approximate surface area is 113 Å². The lowest BCUT2D eigenvalue weighted by Crippen LogP contribution is -2.41. The molecular formula is C15H21N3O. The van der Waals surface area contributed by atoms with Crippen molar-refractivity contribution in [1.82, 2.24) is 14.3 Å². The molecular weight excluding hydrogens is 238 g/mol. The van der Waals surface area contributed by atoms with Crippen molar-refractivity contribution in [2.45, 2.75) is 38.8 Å². The van der Waals surface area contributed by atoms with E-state index < -0.39 is 0 Å². The Morgan fingerprint density at radius 3 is 3.05 bits per heavy atom. The zero-order valence-corrected chi connectivity index (χ0v) is 11.4. The standard InChI is InChI=1S/C15H21N3O/c1-12-5-6-15-16-13(10-18(15)8-12)9-17-7-3-2-4-14(17)11-19/h5-6,8,10,14,19H,2-4,7,9,11H2,1H3/t14-/m1/s1. The van der Waals surface area contributed by atoms with Crippen molar-refractivity contribution >= 4 is 5.65 Å². The summed E-state index contributed by atoms with van der Waals surface area (Å²) >= 11 is 0. The average Bonchev–Trinajstić information content (AvgIpc) is 2.80. The number of nitrogens with zero attached hydrogens (tertiary/aromatic N) is 3. The Kier molecular flexibility index (Phi) is 3.53. The molecule has 1 aliphatic heterocycles. The number of aryl methyl sites for hydroxylation is 1. The molecule has 1 saturated heterocycles. The van der Waals surface area contributed by atoms with Gasteiger partial charge in [0, 0.05) is 25.0 Å². The van der Waals surface area contributed by atoms with Crippen molar-refractivity contribution in [1.29, 1.82) is 0 Å². The highest BCUT2D eigenvalue weighted by atomic mass is 16.3. The first-order valence-corrected chi connectivity index (χ1v) is 7.05. The molecule has 0 unspecified atom stereocenters. The van der Waals surface area contributed by atoms with Crippen LogP contribution >= 0.6 is 0 Å². The largest absolute Gasteiger partial charge is 0.395 e. The van der Waals surface area contributed by atoms with Gasteiger partial charge in [-0.25, -0.2) is 4.98 Å². The maximum atomic E-state index is 9.45. The molecule has 0 aromatic carbocycles. The fourth-order valence-corrected chi connectivity index (χ4v) is 2.91. The normalized spacial score (nSPS) is 21.1. The number of hydrogen-bond acceptors (Lipinski definition) is 3. The zero-order chi connectivity index (χ0) is 13.2. The number of piperidine rings is 1. The van der Waals surface area contributed by atoms with Crippen molar-refractivity contribution in [3.8, 4) is 0 Å². The van der Waals surface area contributed by atoms with E-state index in [0.29, 0.717) is 6.04 Å². The topological polar surface area (TPSA) is 40.8 Å². The second-order valence-electron chi connectivity index (χ2n) is 5.51. The molecule has 1 N–H and O–H groups in total. The lowest BCUT2D eigenvalue weighted by molar-refractivity contribution is 0.0832. The molecule has 1 fully saturated rings. The van der Waals surface area contributed by atoms with Gasteiger partial charge in [-0.1, -0.05) is 12.5 Å². The summed E-state index contributed by atoms with van der Waals surface area (Å²) in [5, 5.41) is 9.45. The van der Waals surface area contributed by atoms with Gasteiger partial charge >= 0.3 is 0 Å². The molecule has 2 aromatic rings. The van der Waals surface area contributed by atoms with Crippen LogP contribution in [0.25, 0.3) is 5.65 Å². The monoisotopic (exact) mass is 259 g/mol. The lowest BCUT2D eigenvalue weighted by atomic mass is 10.0. The first-order chi connectivity index (χ1) is 9.26. The molecule has 1 atom stereocenters. The molecule has 0 radical (unpaired) electrons. The van der Waals surface area contributed by atoms with Crippen molar-refractivity contribution in [3.63, 3.8) is 0 Å². The predicted octanol–water partition coefficient (Wildman–Crippen LogP) is 1.99. The van der Waals surface area contributed by atoms with Gasteiger partial charge in [-0.2, -0.15) is 0 Å². The van der Waals surface area contributed by atoms with E-state index in [2.05, 4.69) is 45.7 Å². The average molecular weight is 259 g/mol. The van der Waals surface area contributed by atoms with E-state index in [4.69, 9.17) is 0 Å². The minimum atomic E-state index is 0.256. The van der Waals surface area contributed by atoms with E-state index in [0.717, 1.165) is 30.9 Å². The van der Waals surface area contributed by atoms with Crippen molar-refractivity contribution < 1.29 is 5.11 Å². The number of imidazole rings is 1. The summed E-state index contributed by atoms with van der Waals surface area (Å²) < 4.78 is 2.09. The summed E-state index contributed by atoms with van der Waals surface area (Å²) in [6.45, 7) is 4.25. The van der Waals surface area contributed by atoms with Crippen LogP contribution in [0.1, 0.15) is 30.5 Å². The van der Waals surface area contributed by atoms with Crippen LogP contribution in [-0.2, 0) is 6.54 Å². The minimum Gasteiger partial charge on any atom is -0.395 e. The summed E-state index contributed by atoms with van der Waals surface area (Å²) in [7, 11) is 0. The minimum absolute atomic E-state index is 0.256. The maximum Gasteiger partial charge on any atom is 0.137 e. The van der Waals surface area contributed by atoms with Crippen molar-refractivity contribution in [2.24, 2.45) is 0 Å². The van der Waals surface area contributed by atoms with Crippen LogP contribution in [0.3, 0.4) is 0 Å². The Hall–Kier alpha value is -1.39. The Morgan fingerprint density at radius 1 is 1.32 bits per heavy atom. The van der Waals surface area contributed by atoms with Gasteiger partial charge in [0.25, 0.3) is 0 Å². The number of rotatable bonds is 3. The molecule has 4 heteroatoms. The second kappa shape index (κ2) is 5.31. The van der Waals surface area contributed by atoms with Crippen LogP contribution in [0.4, 0.5) is 0 Å². The fourth-order valence-electron chi connectivity index (χ4n) is 2.91. The second-order valence-corrected chi connectivity index (χ2v) is 5.51. The number of pyridine rings is 1. The summed E-state index contributed by atoms with van der Waals surface area (Å²) in [5.41, 5.74) is 3.33. The summed E-state index contributed by atoms with van der Waals surface area (Å²) in [6.07, 6.45) is 7.76. The maximum absolute atomic E-state index is 9.45. The first-order valence-electron chi connectivity index (χ1n) is 7.05. The van der Waals surface area contributed by atoms with Crippen LogP contribution < -0.4 is 0 Å². The number of aliphatic hydroxyl groups is 1. The quantitative estimate of drug-likeness (QED) is 0.916. The van der Waals surface area contributed by atoms with Crippen LogP contribution in [-0.4, -0.2) is 38.6 Å². The fraction of sp³-hybridized carbons (Fsp3) is 0.533. The first kappa shape index (κ1) is 12.6. The van der Waals surface area contributed by atoms with Gasteiger partial charge < -0.3 is 9.51 Å². The van der Waals surface area contributed by atoms with Gasteiger partial charge in [0.2, 0.25) is 0 Å². The van der Waals surface area contributed by atoms with E-state index >= 15 is 0 Å². The highest BCUT2D eigenvalue weighted by Gasteiger charge is 2.22. The molecule has 2 aromatic heterocycles. The van der Waals surface area contributed by atoms with Crippen LogP contribution in [0, 0.1) is 6.92 Å². The summed E-state index contributed by atoms with van der Waals surface area (Å²) in [5.74, 6) is 0. The van der Waals surface area contributed by atoms with E-state index in [1.807, 2.05) is 0 Å². The summed E-state index contributed by atoms with van der Waals surface area (Å²) in [6, 6.07) is 4.45. The molecule has 0 amide bonds. The zero-order valence-electron chi connectivity index (χ0n) is 11.4. The highest BCUT2D eigenvalue weighted by Crippen LogP contribution is 2.19. The van der Waals surface area contributed by atoms with E-state index in [1.165, 1.54) is 18.4 Å². The lowest BCUT2D eigenvalue weighted by Gasteiger charge is -2.33. The van der Waals surface area contributed by atoms with E-state index in [-0.39, 0.29) is 6.61 Å². The smallest absolute Gasteiger partial charge is 0.137 e. The molecule has 0 saturated carbocycles. The van der Waals surface area contributed by atoms with Gasteiger partial charge in [-0.15, -0.1) is 0 Å². The molecule has 3 heterocycles. The highest BCUT2D eigenvalue weighted by molar-refractivity contribution is 5.41. The number of likely N-dealkylation sites (tertiary alicyclic amines) is 1. The van der Waals surface area contributed by atoms with Gasteiger partial charge in [0.1, 0.15) is 5.65 Å². The molecule has 19 heavy (non-hydrogen) atoms. The van der Waals surface area contributed by atoms with Gasteiger partial charge in [-0.05, 0) is 37.9 Å². The van der Waals surface area contributed by atoms with Gasteiger partial charge in [-0.3, -0.25) is 4.90 Å². The predicted molar refractivity (Wildman–Crippen MR) is 75.1 cm³/mol. The molecule has 0 spiro atoms. The molecule has 3 rings (SSSR count). The number of hydrogen-bond donors (Lipinski definition) is 1. The van der Waals surface area contributed by atoms with Crippen molar-refractivity contribution in [2.75, 3.05) is 13.2 Å². The SMILES string of the molecule is Cc1ccc2nc(CN3CCCC[C@@H]3CO)cn2c1. The van der Waals surface area contributed by atoms with Crippen LogP contribution in [0.15, 0.2) is 24.5 Å². The Morgan fingerprint density at radius 2 is 2.21 bits per heavy atom. The third kappa shape index (κ3) is 2.65. The molecule has 102 valence electrons. The third-order valence-electron chi connectivity index (χ3n) is 3.97. The number of aromatic nitrogens is 2. The Bertz CT molecular complexity index is 564. The summed E-state index contributed by atoms with van der Waals surface area (Å²) in [4.78, 5) is 7.02. The van der Waals surface area contributed by atoms with Gasteiger partial charge in [0.05, 0.1) is 12.3 Å². The van der Waals surface area contributed by atoms with E-state index in [1.54, 1.807) is 0 Å². The van der Waals surface area contributed by atoms with Crippen molar-refractivity contribution in [3.05, 3.63) is 35.8 Å². The molecule has 0 bridgehead atoms. The Balaban J connectivity index is 1.80. The third-order valence-corrected chi connectivity index (χ3v) is 3.97. The molecule has 4 nitrogen and oxygen atoms in total. The number of aliphatic hydroxyl groups excluding tert-OH is 1. The molecule has 1 aliphatic rings. The van der Waals surface area contributed by atoms with Gasteiger partial charge in [0.15, 0.2) is 0 Å². The molecule has 0 aliphatic carbocycles. The van der Waals surface area contributed by atoms with E-state index in [9.17, 15) is 5.11 Å². The number of fused-ring (bicyclic) bond motifs is 1. The van der Waals surface area contributed by atoms with Crippen LogP contribution in [0.5, 0.6) is 0 Å². The van der Waals surface area contributed by atoms with Crippen LogP contribution in [0.2, 0.25) is 0 Å².